The summed E-state index contributed by atoms with van der Waals surface area (Å²) in [6.45, 7) is 0.739. The van der Waals surface area contributed by atoms with Gasteiger partial charge in [0.1, 0.15) is 18.9 Å². The fraction of sp³-hybridized carbons (Fsp3) is 0.429. The smallest absolute Gasteiger partial charge is 0.245 e. The van der Waals surface area contributed by atoms with Gasteiger partial charge in [-0.25, -0.2) is 0 Å². The van der Waals surface area contributed by atoms with E-state index in [1.54, 1.807) is 6.20 Å². The summed E-state index contributed by atoms with van der Waals surface area (Å²) in [6, 6.07) is 8.80. The first kappa shape index (κ1) is 13.5. The van der Waals surface area contributed by atoms with Crippen molar-refractivity contribution < 1.29 is 9.84 Å². The largest absolute Gasteiger partial charge is 0.473 e. The van der Waals surface area contributed by atoms with Crippen molar-refractivity contribution in [2.24, 2.45) is 0 Å². The van der Waals surface area contributed by atoms with Crippen molar-refractivity contribution in [1.82, 2.24) is 14.1 Å². The summed E-state index contributed by atoms with van der Waals surface area (Å²) >= 11 is 1.10. The number of aryl methyl sites for hydroxylation is 1. The number of ether oxygens (including phenoxy) is 1. The van der Waals surface area contributed by atoms with Crippen molar-refractivity contribution in [3.8, 4) is 5.88 Å². The SMILES string of the molecule is OC(CNC1CCc2ccccc21)COc1cnsn1. The number of benzene rings is 1. The third kappa shape index (κ3) is 3.15. The summed E-state index contributed by atoms with van der Waals surface area (Å²) < 4.78 is 13.1. The molecule has 0 fully saturated rings. The maximum absolute atomic E-state index is 9.92. The molecule has 0 radical (unpaired) electrons. The topological polar surface area (TPSA) is 67.3 Å². The van der Waals surface area contributed by atoms with E-state index >= 15 is 0 Å². The van der Waals surface area contributed by atoms with Crippen LogP contribution in [0.2, 0.25) is 0 Å². The summed E-state index contributed by atoms with van der Waals surface area (Å²) in [5, 5.41) is 13.3. The van der Waals surface area contributed by atoms with Crippen LogP contribution in [0.25, 0.3) is 0 Å². The van der Waals surface area contributed by atoms with Gasteiger partial charge in [0.2, 0.25) is 5.88 Å². The van der Waals surface area contributed by atoms with E-state index in [9.17, 15) is 5.11 Å². The van der Waals surface area contributed by atoms with Gasteiger partial charge < -0.3 is 15.2 Å². The highest BCUT2D eigenvalue weighted by Crippen LogP contribution is 2.30. The number of aromatic nitrogens is 2. The van der Waals surface area contributed by atoms with E-state index in [2.05, 4.69) is 38.3 Å². The third-order valence-electron chi connectivity index (χ3n) is 3.50. The van der Waals surface area contributed by atoms with E-state index in [1.165, 1.54) is 11.1 Å². The number of fused-ring (bicyclic) bond motifs is 1. The lowest BCUT2D eigenvalue weighted by Gasteiger charge is -2.17. The maximum Gasteiger partial charge on any atom is 0.245 e. The standard InChI is InChI=1S/C14H17N3O2S/c18-11(9-19-14-8-16-20-17-14)7-15-13-6-5-10-3-1-2-4-12(10)13/h1-4,8,11,13,15,18H,5-7,9H2. The van der Waals surface area contributed by atoms with Gasteiger partial charge in [-0.1, -0.05) is 24.3 Å². The van der Waals surface area contributed by atoms with Gasteiger partial charge in [-0.05, 0) is 24.0 Å². The van der Waals surface area contributed by atoms with Gasteiger partial charge in [-0.3, -0.25) is 0 Å². The van der Waals surface area contributed by atoms with Crippen LogP contribution in [0.3, 0.4) is 0 Å². The highest BCUT2D eigenvalue weighted by Gasteiger charge is 2.22. The average Bonchev–Trinajstić information content (AvgIpc) is 3.12. The van der Waals surface area contributed by atoms with Crippen LogP contribution in [0.15, 0.2) is 30.5 Å². The Balaban J connectivity index is 1.45. The summed E-state index contributed by atoms with van der Waals surface area (Å²) in [5.74, 6) is 0.472. The van der Waals surface area contributed by atoms with Gasteiger partial charge in [0, 0.05) is 12.6 Å². The summed E-state index contributed by atoms with van der Waals surface area (Å²) in [7, 11) is 0. The zero-order valence-corrected chi connectivity index (χ0v) is 11.8. The van der Waals surface area contributed by atoms with Crippen LogP contribution in [0.5, 0.6) is 5.88 Å². The van der Waals surface area contributed by atoms with Crippen molar-refractivity contribution in [1.29, 1.82) is 0 Å². The number of aliphatic hydroxyl groups excluding tert-OH is 1. The summed E-state index contributed by atoms with van der Waals surface area (Å²) in [5.41, 5.74) is 2.76. The lowest BCUT2D eigenvalue weighted by molar-refractivity contribution is 0.101. The van der Waals surface area contributed by atoms with Gasteiger partial charge in [-0.15, -0.1) is 4.37 Å². The molecular weight excluding hydrogens is 274 g/mol. The summed E-state index contributed by atoms with van der Waals surface area (Å²) in [4.78, 5) is 0. The fourth-order valence-corrected chi connectivity index (χ4v) is 2.87. The molecule has 0 aliphatic heterocycles. The van der Waals surface area contributed by atoms with Crippen molar-refractivity contribution in [2.75, 3.05) is 13.2 Å². The number of nitrogens with one attached hydrogen (secondary N) is 1. The van der Waals surface area contributed by atoms with E-state index in [0.717, 1.165) is 24.6 Å². The number of aliphatic hydroxyl groups is 1. The van der Waals surface area contributed by atoms with Gasteiger partial charge in [0.05, 0.1) is 11.7 Å². The minimum atomic E-state index is -0.551. The molecule has 2 aromatic rings. The number of rotatable bonds is 6. The summed E-state index contributed by atoms with van der Waals surface area (Å²) in [6.07, 6.45) is 3.19. The van der Waals surface area contributed by atoms with Crippen molar-refractivity contribution in [3.63, 3.8) is 0 Å². The predicted molar refractivity (Wildman–Crippen MR) is 76.9 cm³/mol. The fourth-order valence-electron chi connectivity index (χ4n) is 2.51. The lowest BCUT2D eigenvalue weighted by Crippen LogP contribution is -2.33. The molecule has 20 heavy (non-hydrogen) atoms. The van der Waals surface area contributed by atoms with Gasteiger partial charge in [0.25, 0.3) is 0 Å². The molecule has 1 aliphatic rings. The number of nitrogens with zero attached hydrogens (tertiary/aromatic N) is 2. The second kappa shape index (κ2) is 6.30. The molecule has 0 saturated carbocycles. The molecule has 2 unspecified atom stereocenters. The first-order chi connectivity index (χ1) is 9.83. The minimum Gasteiger partial charge on any atom is -0.473 e. The van der Waals surface area contributed by atoms with Crippen LogP contribution >= 0.6 is 11.7 Å². The molecular formula is C14H17N3O2S. The van der Waals surface area contributed by atoms with Crippen LogP contribution in [-0.4, -0.2) is 33.1 Å². The van der Waals surface area contributed by atoms with Gasteiger partial charge in [0.15, 0.2) is 0 Å². The molecule has 5 nitrogen and oxygen atoms in total. The van der Waals surface area contributed by atoms with Crippen LogP contribution in [-0.2, 0) is 6.42 Å². The molecule has 3 rings (SSSR count). The van der Waals surface area contributed by atoms with Crippen molar-refractivity contribution in [3.05, 3.63) is 41.6 Å². The monoisotopic (exact) mass is 291 g/mol. The van der Waals surface area contributed by atoms with E-state index in [0.29, 0.717) is 18.5 Å². The Morgan fingerprint density at radius 1 is 1.45 bits per heavy atom. The Labute approximate surface area is 121 Å². The van der Waals surface area contributed by atoms with E-state index in [1.807, 2.05) is 0 Å². The quantitative estimate of drug-likeness (QED) is 0.845. The molecule has 0 bridgehead atoms. The second-order valence-corrected chi connectivity index (χ2v) is 5.47. The molecule has 1 aromatic heterocycles. The van der Waals surface area contributed by atoms with Crippen molar-refractivity contribution in [2.45, 2.75) is 25.0 Å². The van der Waals surface area contributed by atoms with E-state index in [-0.39, 0.29) is 6.61 Å². The predicted octanol–water partition coefficient (Wildman–Crippen LogP) is 1.55. The van der Waals surface area contributed by atoms with Crippen LogP contribution < -0.4 is 10.1 Å². The molecule has 106 valence electrons. The first-order valence-electron chi connectivity index (χ1n) is 6.72. The molecule has 2 atom stereocenters. The zero-order valence-electron chi connectivity index (χ0n) is 11.0. The minimum absolute atomic E-state index is 0.229. The average molecular weight is 291 g/mol. The molecule has 1 aromatic carbocycles. The Kier molecular flexibility index (Phi) is 4.25. The molecule has 1 heterocycles. The Morgan fingerprint density at radius 2 is 2.35 bits per heavy atom. The highest BCUT2D eigenvalue weighted by atomic mass is 32.1. The van der Waals surface area contributed by atoms with Crippen LogP contribution in [0.4, 0.5) is 0 Å². The first-order valence-corrected chi connectivity index (χ1v) is 7.45. The Bertz CT molecular complexity index is 547. The lowest BCUT2D eigenvalue weighted by atomic mass is 10.1. The molecule has 1 aliphatic carbocycles. The number of hydrogen-bond acceptors (Lipinski definition) is 6. The highest BCUT2D eigenvalue weighted by molar-refractivity contribution is 6.99. The third-order valence-corrected chi connectivity index (χ3v) is 3.96. The molecule has 6 heteroatoms. The molecule has 0 amide bonds. The molecule has 0 saturated heterocycles. The number of hydrogen-bond donors (Lipinski definition) is 2. The van der Waals surface area contributed by atoms with Crippen molar-refractivity contribution >= 4 is 11.7 Å². The van der Waals surface area contributed by atoms with Gasteiger partial charge in [-0.2, -0.15) is 4.37 Å². The van der Waals surface area contributed by atoms with E-state index < -0.39 is 6.10 Å². The normalized spacial score (nSPS) is 18.8. The second-order valence-electron chi connectivity index (χ2n) is 4.91. The van der Waals surface area contributed by atoms with Gasteiger partial charge >= 0.3 is 0 Å². The molecule has 2 N–H and O–H groups in total. The Hall–Kier alpha value is -1.50. The van der Waals surface area contributed by atoms with E-state index in [4.69, 9.17) is 4.74 Å². The zero-order chi connectivity index (χ0) is 13.8. The van der Waals surface area contributed by atoms with Crippen LogP contribution in [0.1, 0.15) is 23.6 Å². The maximum atomic E-state index is 9.92. The van der Waals surface area contributed by atoms with Crippen LogP contribution in [0, 0.1) is 0 Å². The molecule has 0 spiro atoms. The Morgan fingerprint density at radius 3 is 3.20 bits per heavy atom.